The van der Waals surface area contributed by atoms with Gasteiger partial charge in [-0.15, -0.1) is 0 Å². The molecule has 3 nitrogen and oxygen atoms in total. The number of carbonyl (C=O) groups is 1. The van der Waals surface area contributed by atoms with Crippen LogP contribution in [0.4, 0.5) is 0 Å². The van der Waals surface area contributed by atoms with E-state index in [0.29, 0.717) is 17.3 Å². The van der Waals surface area contributed by atoms with Crippen molar-refractivity contribution in [2.75, 3.05) is 18.9 Å². The molecule has 0 spiro atoms. The van der Waals surface area contributed by atoms with Crippen molar-refractivity contribution in [1.29, 1.82) is 0 Å². The fourth-order valence-electron chi connectivity index (χ4n) is 1.54. The number of carbonyl (C=O) groups excluding carboxylic acids is 1. The van der Waals surface area contributed by atoms with Crippen LogP contribution in [-0.4, -0.2) is 34.0 Å². The van der Waals surface area contributed by atoms with Gasteiger partial charge in [-0.1, -0.05) is 39.9 Å². The van der Waals surface area contributed by atoms with Crippen molar-refractivity contribution < 1.29 is 9.53 Å². The first kappa shape index (κ1) is 13.8. The minimum Gasteiger partial charge on any atom is -0.493 e. The number of halogens is 1. The van der Waals surface area contributed by atoms with Gasteiger partial charge in [0.1, 0.15) is 10.1 Å². The quantitative estimate of drug-likeness (QED) is 0.784. The van der Waals surface area contributed by atoms with Crippen molar-refractivity contribution in [3.05, 3.63) is 28.7 Å². The second-order valence-corrected chi connectivity index (χ2v) is 6.36. The largest absolute Gasteiger partial charge is 0.493 e. The van der Waals surface area contributed by atoms with Crippen LogP contribution in [0.3, 0.4) is 0 Å². The number of thioether (sulfide) groups is 1. The molecular weight excluding hydrogens is 334 g/mol. The van der Waals surface area contributed by atoms with Crippen molar-refractivity contribution in [2.45, 2.75) is 6.42 Å². The zero-order chi connectivity index (χ0) is 13.0. The average Bonchev–Trinajstić information content (AvgIpc) is 2.78. The number of hydrogen-bond donors (Lipinski definition) is 0. The van der Waals surface area contributed by atoms with E-state index in [1.165, 1.54) is 0 Å². The van der Waals surface area contributed by atoms with Crippen molar-refractivity contribution in [3.63, 3.8) is 0 Å². The molecule has 6 heteroatoms. The van der Waals surface area contributed by atoms with Crippen molar-refractivity contribution in [1.82, 2.24) is 4.90 Å². The molecule has 1 aliphatic rings. The summed E-state index contributed by atoms with van der Waals surface area (Å²) in [5.74, 6) is 1.71. The van der Waals surface area contributed by atoms with Crippen LogP contribution in [-0.2, 0) is 4.79 Å². The summed E-state index contributed by atoms with van der Waals surface area (Å²) >= 11 is 10.0. The van der Waals surface area contributed by atoms with Gasteiger partial charge < -0.3 is 4.74 Å². The van der Waals surface area contributed by atoms with E-state index in [2.05, 4.69) is 15.9 Å². The molecule has 0 radical (unpaired) electrons. The first-order valence-corrected chi connectivity index (χ1v) is 7.71. The second-order valence-electron chi connectivity index (χ2n) is 3.71. The van der Waals surface area contributed by atoms with E-state index in [-0.39, 0.29) is 5.91 Å². The standard InChI is InChI=1S/C12H12BrNO2S2/c13-9-1-3-10(4-2-9)16-7-5-11(15)14-6-8-18-12(14)17/h1-4H,5-8H2. The molecule has 1 aromatic rings. The minimum atomic E-state index is 0.0436. The van der Waals surface area contributed by atoms with Crippen molar-refractivity contribution in [2.24, 2.45) is 0 Å². The summed E-state index contributed by atoms with van der Waals surface area (Å²) in [4.78, 5) is 13.5. The Hall–Kier alpha value is -0.590. The topological polar surface area (TPSA) is 29.5 Å². The highest BCUT2D eigenvalue weighted by molar-refractivity contribution is 9.10. The zero-order valence-electron chi connectivity index (χ0n) is 9.60. The van der Waals surface area contributed by atoms with E-state index in [4.69, 9.17) is 17.0 Å². The van der Waals surface area contributed by atoms with Crippen LogP contribution in [0, 0.1) is 0 Å². The normalized spacial score (nSPS) is 14.9. The van der Waals surface area contributed by atoms with Crippen LogP contribution in [0.2, 0.25) is 0 Å². The first-order valence-electron chi connectivity index (χ1n) is 5.52. The number of hydrogen-bond acceptors (Lipinski definition) is 4. The molecule has 0 N–H and O–H groups in total. The summed E-state index contributed by atoms with van der Waals surface area (Å²) < 4.78 is 7.20. The molecule has 0 unspecified atom stereocenters. The van der Waals surface area contributed by atoms with Gasteiger partial charge in [0, 0.05) is 16.8 Å². The molecule has 1 aliphatic heterocycles. The molecule has 0 saturated carbocycles. The third-order valence-corrected chi connectivity index (χ3v) is 4.42. The second kappa shape index (κ2) is 6.54. The molecule has 18 heavy (non-hydrogen) atoms. The van der Waals surface area contributed by atoms with E-state index in [1.807, 2.05) is 24.3 Å². The Morgan fingerprint density at radius 2 is 2.17 bits per heavy atom. The number of thiocarbonyl (C=S) groups is 1. The number of amides is 1. The Balaban J connectivity index is 1.76. The Kier molecular flexibility index (Phi) is 5.03. The minimum absolute atomic E-state index is 0.0436. The zero-order valence-corrected chi connectivity index (χ0v) is 12.8. The lowest BCUT2D eigenvalue weighted by Crippen LogP contribution is -2.31. The molecule has 1 saturated heterocycles. The van der Waals surface area contributed by atoms with Gasteiger partial charge in [0.05, 0.1) is 13.0 Å². The van der Waals surface area contributed by atoms with E-state index >= 15 is 0 Å². The third-order valence-electron chi connectivity index (χ3n) is 2.46. The Morgan fingerprint density at radius 1 is 1.44 bits per heavy atom. The molecule has 96 valence electrons. The molecule has 0 aliphatic carbocycles. The summed E-state index contributed by atoms with van der Waals surface area (Å²) in [6.07, 6.45) is 0.358. The van der Waals surface area contributed by atoms with E-state index < -0.39 is 0 Å². The fraction of sp³-hybridized carbons (Fsp3) is 0.333. The first-order chi connectivity index (χ1) is 8.66. The Labute approximate surface area is 124 Å². The average molecular weight is 346 g/mol. The molecule has 1 fully saturated rings. The van der Waals surface area contributed by atoms with Crippen LogP contribution in [0.5, 0.6) is 5.75 Å². The van der Waals surface area contributed by atoms with Crippen LogP contribution >= 0.6 is 39.9 Å². The van der Waals surface area contributed by atoms with Gasteiger partial charge in [-0.25, -0.2) is 0 Å². The molecule has 1 heterocycles. The lowest BCUT2D eigenvalue weighted by molar-refractivity contribution is -0.127. The molecule has 0 bridgehead atoms. The Bertz CT molecular complexity index is 450. The number of ether oxygens (including phenoxy) is 1. The predicted octanol–water partition coefficient (Wildman–Crippen LogP) is 3.08. The summed E-state index contributed by atoms with van der Waals surface area (Å²) in [5, 5.41) is 0. The molecule has 1 aromatic carbocycles. The highest BCUT2D eigenvalue weighted by Gasteiger charge is 2.23. The Morgan fingerprint density at radius 3 is 2.78 bits per heavy atom. The molecule has 0 aromatic heterocycles. The summed E-state index contributed by atoms with van der Waals surface area (Å²) in [6, 6.07) is 7.54. The van der Waals surface area contributed by atoms with Crippen LogP contribution < -0.4 is 4.74 Å². The van der Waals surface area contributed by atoms with E-state index in [1.54, 1.807) is 16.7 Å². The highest BCUT2D eigenvalue weighted by atomic mass is 79.9. The van der Waals surface area contributed by atoms with Crippen molar-refractivity contribution in [3.8, 4) is 5.75 Å². The molecule has 1 amide bonds. The number of benzene rings is 1. The van der Waals surface area contributed by atoms with Gasteiger partial charge in [-0.3, -0.25) is 9.69 Å². The molecule has 2 rings (SSSR count). The van der Waals surface area contributed by atoms with E-state index in [0.717, 1.165) is 22.5 Å². The van der Waals surface area contributed by atoms with E-state index in [9.17, 15) is 4.79 Å². The van der Waals surface area contributed by atoms with Gasteiger partial charge in [0.2, 0.25) is 5.91 Å². The van der Waals surface area contributed by atoms with Gasteiger partial charge in [0.25, 0.3) is 0 Å². The predicted molar refractivity (Wildman–Crippen MR) is 81.0 cm³/mol. The maximum absolute atomic E-state index is 11.8. The maximum Gasteiger partial charge on any atom is 0.231 e. The lowest BCUT2D eigenvalue weighted by Gasteiger charge is -2.14. The van der Waals surface area contributed by atoms with Gasteiger partial charge in [-0.05, 0) is 24.3 Å². The molecule has 0 atom stereocenters. The summed E-state index contributed by atoms with van der Waals surface area (Å²) in [7, 11) is 0. The smallest absolute Gasteiger partial charge is 0.231 e. The van der Waals surface area contributed by atoms with Crippen LogP contribution in [0.1, 0.15) is 6.42 Å². The van der Waals surface area contributed by atoms with Crippen LogP contribution in [0.15, 0.2) is 28.7 Å². The molecular formula is C12H12BrNO2S2. The third kappa shape index (κ3) is 3.70. The fourth-order valence-corrected chi connectivity index (χ4v) is 3.05. The van der Waals surface area contributed by atoms with Gasteiger partial charge in [-0.2, -0.15) is 0 Å². The monoisotopic (exact) mass is 345 g/mol. The summed E-state index contributed by atoms with van der Waals surface area (Å²) in [6.45, 7) is 1.10. The SMILES string of the molecule is O=C(CCOc1ccc(Br)cc1)N1CCSC1=S. The number of nitrogens with zero attached hydrogens (tertiary/aromatic N) is 1. The maximum atomic E-state index is 11.8. The van der Waals surface area contributed by atoms with Gasteiger partial charge in [0.15, 0.2) is 0 Å². The lowest BCUT2D eigenvalue weighted by atomic mass is 10.3. The van der Waals surface area contributed by atoms with Crippen molar-refractivity contribution >= 4 is 50.1 Å². The number of rotatable bonds is 4. The van der Waals surface area contributed by atoms with Gasteiger partial charge >= 0.3 is 0 Å². The van der Waals surface area contributed by atoms with Crippen LogP contribution in [0.25, 0.3) is 0 Å². The summed E-state index contributed by atoms with van der Waals surface area (Å²) in [5.41, 5.74) is 0. The highest BCUT2D eigenvalue weighted by Crippen LogP contribution is 2.19.